The van der Waals surface area contributed by atoms with Crippen molar-refractivity contribution in [1.82, 2.24) is 0 Å². The second-order valence-corrected chi connectivity index (χ2v) is 5.30. The fraction of sp³-hybridized carbons (Fsp3) is 1.00. The van der Waals surface area contributed by atoms with Gasteiger partial charge in [0.2, 0.25) is 0 Å². The van der Waals surface area contributed by atoms with E-state index in [0.717, 1.165) is 0 Å². The van der Waals surface area contributed by atoms with Crippen LogP contribution in [0.15, 0.2) is 0 Å². The van der Waals surface area contributed by atoms with Gasteiger partial charge in [0.15, 0.2) is 0 Å². The van der Waals surface area contributed by atoms with Crippen molar-refractivity contribution in [3.63, 3.8) is 0 Å². The van der Waals surface area contributed by atoms with Gasteiger partial charge in [0, 0.05) is 0 Å². The molecule has 0 bridgehead atoms. The molecule has 16 heavy (non-hydrogen) atoms. The minimum Gasteiger partial charge on any atom is -1.00 e. The maximum absolute atomic E-state index is 2.39. The largest absolute Gasteiger partial charge is 1.00 e. The van der Waals surface area contributed by atoms with E-state index < -0.39 is 0 Å². The Morgan fingerprint density at radius 1 is 0.812 bits per heavy atom. The molecule has 0 aromatic heterocycles. The summed E-state index contributed by atoms with van der Waals surface area (Å²) >= 11 is 0. The van der Waals surface area contributed by atoms with Gasteiger partial charge in [0.25, 0.3) is 0 Å². The zero-order valence-corrected chi connectivity index (χ0v) is 12.1. The molecule has 1 rings (SSSR count). The maximum atomic E-state index is 2.39. The molecule has 1 nitrogen and oxygen atoms in total. The van der Waals surface area contributed by atoms with Gasteiger partial charge < -0.3 is 16.9 Å². The SMILES string of the molecule is CCCCCCC[N+]1(CC)CCCCC1.[Cl-]. The minimum absolute atomic E-state index is 0. The van der Waals surface area contributed by atoms with E-state index in [-0.39, 0.29) is 12.4 Å². The topological polar surface area (TPSA) is 0 Å². The highest BCUT2D eigenvalue weighted by atomic mass is 35.5. The van der Waals surface area contributed by atoms with Crippen LogP contribution in [-0.2, 0) is 0 Å². The van der Waals surface area contributed by atoms with Crippen LogP contribution in [0.4, 0.5) is 0 Å². The van der Waals surface area contributed by atoms with Gasteiger partial charge in [-0.15, -0.1) is 0 Å². The number of unbranched alkanes of at least 4 members (excludes halogenated alkanes) is 4. The zero-order chi connectivity index (χ0) is 11.0. The fourth-order valence-electron chi connectivity index (χ4n) is 2.93. The van der Waals surface area contributed by atoms with E-state index in [2.05, 4.69) is 13.8 Å². The standard InChI is InChI=1S/C14H30N.ClH/c1-3-5-6-7-9-12-15(4-2)13-10-8-11-14-15;/h3-14H2,1-2H3;1H/q+1;/p-1. The van der Waals surface area contributed by atoms with Crippen LogP contribution in [0.2, 0.25) is 0 Å². The summed E-state index contributed by atoms with van der Waals surface area (Å²) in [5.74, 6) is 0. The number of nitrogens with zero attached hydrogens (tertiary/aromatic N) is 1. The van der Waals surface area contributed by atoms with Crippen LogP contribution in [-0.4, -0.2) is 30.7 Å². The molecular formula is C14H30ClN. The molecular weight excluding hydrogens is 218 g/mol. The van der Waals surface area contributed by atoms with Gasteiger partial charge >= 0.3 is 0 Å². The van der Waals surface area contributed by atoms with Crippen LogP contribution in [0.25, 0.3) is 0 Å². The van der Waals surface area contributed by atoms with Crippen LogP contribution < -0.4 is 12.4 Å². The summed E-state index contributed by atoms with van der Waals surface area (Å²) in [5, 5.41) is 0. The first-order chi connectivity index (χ1) is 7.33. The summed E-state index contributed by atoms with van der Waals surface area (Å²) in [6.07, 6.45) is 11.6. The first-order valence-corrected chi connectivity index (χ1v) is 7.18. The van der Waals surface area contributed by atoms with Crippen LogP contribution >= 0.6 is 0 Å². The molecule has 1 fully saturated rings. The van der Waals surface area contributed by atoms with Crippen molar-refractivity contribution in [2.45, 2.75) is 65.2 Å². The summed E-state index contributed by atoms with van der Waals surface area (Å²) < 4.78 is 1.44. The normalized spacial score (nSPS) is 19.1. The average Bonchev–Trinajstić information content (AvgIpc) is 2.30. The summed E-state index contributed by atoms with van der Waals surface area (Å²) in [6.45, 7) is 10.4. The van der Waals surface area contributed by atoms with Crippen LogP contribution in [0.5, 0.6) is 0 Å². The highest BCUT2D eigenvalue weighted by molar-refractivity contribution is 4.54. The third kappa shape index (κ3) is 5.54. The van der Waals surface area contributed by atoms with Crippen molar-refractivity contribution in [2.24, 2.45) is 0 Å². The minimum atomic E-state index is 0. The van der Waals surface area contributed by atoms with E-state index in [1.54, 1.807) is 0 Å². The molecule has 0 saturated carbocycles. The first kappa shape index (κ1) is 16.2. The van der Waals surface area contributed by atoms with Gasteiger partial charge in [0.05, 0.1) is 26.2 Å². The molecule has 0 N–H and O–H groups in total. The molecule has 0 atom stereocenters. The van der Waals surface area contributed by atoms with Crippen LogP contribution in [0, 0.1) is 0 Å². The lowest BCUT2D eigenvalue weighted by Gasteiger charge is -2.41. The maximum Gasteiger partial charge on any atom is 0.0786 e. The van der Waals surface area contributed by atoms with Gasteiger partial charge in [-0.3, -0.25) is 0 Å². The Bertz CT molecular complexity index is 153. The monoisotopic (exact) mass is 247 g/mol. The average molecular weight is 248 g/mol. The molecule has 0 aromatic carbocycles. The number of quaternary nitrogens is 1. The third-order valence-corrected chi connectivity index (χ3v) is 4.17. The number of piperidine rings is 1. The van der Waals surface area contributed by atoms with E-state index in [1.165, 1.54) is 82.0 Å². The number of likely N-dealkylation sites (tertiary alicyclic amines) is 1. The lowest BCUT2D eigenvalue weighted by atomic mass is 10.1. The van der Waals surface area contributed by atoms with Crippen molar-refractivity contribution >= 4 is 0 Å². The molecule has 1 saturated heterocycles. The lowest BCUT2D eigenvalue weighted by molar-refractivity contribution is -0.931. The number of hydrogen-bond donors (Lipinski definition) is 0. The van der Waals surface area contributed by atoms with Crippen LogP contribution in [0.1, 0.15) is 65.2 Å². The number of halogens is 1. The van der Waals surface area contributed by atoms with Gasteiger partial charge in [-0.2, -0.15) is 0 Å². The van der Waals surface area contributed by atoms with Crippen LogP contribution in [0.3, 0.4) is 0 Å². The van der Waals surface area contributed by atoms with Gasteiger partial charge in [0.1, 0.15) is 0 Å². The number of rotatable bonds is 7. The summed E-state index contributed by atoms with van der Waals surface area (Å²) in [7, 11) is 0. The highest BCUT2D eigenvalue weighted by Gasteiger charge is 2.26. The second-order valence-electron chi connectivity index (χ2n) is 5.30. The third-order valence-electron chi connectivity index (χ3n) is 4.17. The Labute approximate surface area is 109 Å². The predicted octanol–water partition coefficient (Wildman–Crippen LogP) is 0.981. The molecule has 2 heteroatoms. The second kappa shape index (κ2) is 9.30. The van der Waals surface area contributed by atoms with Gasteiger partial charge in [-0.1, -0.05) is 26.2 Å². The quantitative estimate of drug-likeness (QED) is 0.465. The molecule has 0 aliphatic carbocycles. The van der Waals surface area contributed by atoms with Crippen molar-refractivity contribution in [1.29, 1.82) is 0 Å². The van der Waals surface area contributed by atoms with Crippen molar-refractivity contribution in [2.75, 3.05) is 26.2 Å². The van der Waals surface area contributed by atoms with E-state index in [4.69, 9.17) is 0 Å². The highest BCUT2D eigenvalue weighted by Crippen LogP contribution is 2.20. The Kier molecular flexibility index (Phi) is 9.44. The number of hydrogen-bond acceptors (Lipinski definition) is 0. The Morgan fingerprint density at radius 2 is 1.44 bits per heavy atom. The smallest absolute Gasteiger partial charge is 0.0786 e. The summed E-state index contributed by atoms with van der Waals surface area (Å²) in [4.78, 5) is 0. The molecule has 1 aliphatic rings. The van der Waals surface area contributed by atoms with E-state index in [1.807, 2.05) is 0 Å². The Morgan fingerprint density at radius 3 is 2.00 bits per heavy atom. The zero-order valence-electron chi connectivity index (χ0n) is 11.3. The predicted molar refractivity (Wildman–Crippen MR) is 68.0 cm³/mol. The van der Waals surface area contributed by atoms with Gasteiger partial charge in [-0.05, 0) is 39.0 Å². The molecule has 0 radical (unpaired) electrons. The fourth-order valence-corrected chi connectivity index (χ4v) is 2.93. The van der Waals surface area contributed by atoms with Crippen molar-refractivity contribution in [3.8, 4) is 0 Å². The van der Waals surface area contributed by atoms with E-state index >= 15 is 0 Å². The van der Waals surface area contributed by atoms with E-state index in [9.17, 15) is 0 Å². The Hall–Kier alpha value is 0.250. The lowest BCUT2D eigenvalue weighted by Crippen LogP contribution is -3.00. The molecule has 98 valence electrons. The first-order valence-electron chi connectivity index (χ1n) is 7.18. The van der Waals surface area contributed by atoms with Crippen molar-refractivity contribution in [3.05, 3.63) is 0 Å². The molecule has 1 heterocycles. The van der Waals surface area contributed by atoms with Crippen molar-refractivity contribution < 1.29 is 16.9 Å². The van der Waals surface area contributed by atoms with E-state index in [0.29, 0.717) is 0 Å². The molecule has 0 amide bonds. The summed E-state index contributed by atoms with van der Waals surface area (Å²) in [5.41, 5.74) is 0. The molecule has 1 aliphatic heterocycles. The summed E-state index contributed by atoms with van der Waals surface area (Å²) in [6, 6.07) is 0. The molecule has 0 aromatic rings. The molecule has 0 spiro atoms. The Balaban J connectivity index is 0.00000225. The molecule has 0 unspecified atom stereocenters. The van der Waals surface area contributed by atoms with Gasteiger partial charge in [-0.25, -0.2) is 0 Å².